The molecule has 2 heterocycles. The third-order valence-electron chi connectivity index (χ3n) is 10.5. The summed E-state index contributed by atoms with van der Waals surface area (Å²) in [6, 6.07) is 25.5. The average molecular weight is 913 g/mol. The molecule has 5 amide bonds. The quantitative estimate of drug-likeness (QED) is 0.0239. The number of rotatable bonds is 26. The van der Waals surface area contributed by atoms with Crippen molar-refractivity contribution in [2.24, 2.45) is 0 Å². The number of carbonyl (C=O) groups excluding carboxylic acids is 5. The lowest BCUT2D eigenvalue weighted by Crippen LogP contribution is -2.54. The first-order valence-corrected chi connectivity index (χ1v) is 22.0. The first kappa shape index (κ1) is 48.2. The molecule has 1 saturated heterocycles. The molecule has 0 radical (unpaired) electrons. The number of phenolic OH excluding ortho intramolecular Hbond substituents is 2. The van der Waals surface area contributed by atoms with Crippen molar-refractivity contribution in [2.75, 3.05) is 83.7 Å². The Bertz CT molecular complexity index is 2290. The summed E-state index contributed by atoms with van der Waals surface area (Å²) in [7, 11) is 0. The van der Waals surface area contributed by atoms with Crippen molar-refractivity contribution < 1.29 is 57.9 Å². The minimum atomic E-state index is -1.03. The van der Waals surface area contributed by atoms with Gasteiger partial charge in [-0.1, -0.05) is 42.5 Å². The van der Waals surface area contributed by atoms with Crippen LogP contribution in [0.25, 0.3) is 11.1 Å². The third-order valence-corrected chi connectivity index (χ3v) is 10.7. The summed E-state index contributed by atoms with van der Waals surface area (Å²) in [5, 5.41) is 27.9. The number of fused-ring (bicyclic) bond motifs is 1. The molecule has 0 aliphatic carbocycles. The molecule has 2 aliphatic rings. The van der Waals surface area contributed by atoms with Crippen molar-refractivity contribution in [3.05, 3.63) is 119 Å². The van der Waals surface area contributed by atoms with Gasteiger partial charge in [0.25, 0.3) is 11.8 Å². The van der Waals surface area contributed by atoms with Gasteiger partial charge in [-0.25, -0.2) is 0 Å². The number of nitrogens with one attached hydrogen (secondary N) is 3. The molecule has 1 unspecified atom stereocenters. The van der Waals surface area contributed by atoms with Crippen LogP contribution in [-0.2, 0) is 33.3 Å². The van der Waals surface area contributed by atoms with Gasteiger partial charge in [-0.15, -0.1) is 11.6 Å². The second-order valence-electron chi connectivity index (χ2n) is 14.9. The summed E-state index contributed by atoms with van der Waals surface area (Å²) in [6.45, 7) is 3.59. The Morgan fingerprint density at radius 3 is 1.88 bits per heavy atom. The maximum Gasteiger partial charge on any atom is 0.264 e. The van der Waals surface area contributed by atoms with E-state index in [1.807, 2.05) is 48.5 Å². The van der Waals surface area contributed by atoms with Gasteiger partial charge < -0.3 is 44.5 Å². The van der Waals surface area contributed by atoms with Gasteiger partial charge in [0.2, 0.25) is 17.7 Å². The molecular weight excluding hydrogens is 860 g/mol. The Morgan fingerprint density at radius 1 is 0.677 bits per heavy atom. The van der Waals surface area contributed by atoms with Gasteiger partial charge in [0, 0.05) is 31.0 Å². The SMILES string of the molecule is O=C(CCOCCOCCOCCOCCNc1cccc2c1C(=O)N(C1CCC(=O)NC1=O)C2=O)NCCOc1ccc(C(=C(CCCl)c2ccc(O)cc2)c2ccc(O)cc2)cc1. The molecule has 4 aromatic carbocycles. The third kappa shape index (κ3) is 13.6. The molecule has 344 valence electrons. The molecular formula is C48H53ClN4O12. The molecule has 16 nitrogen and oxygen atoms in total. The minimum absolute atomic E-state index is 0.0517. The molecule has 0 aromatic heterocycles. The average Bonchev–Trinajstić information content (AvgIpc) is 3.56. The number of piperidine rings is 1. The van der Waals surface area contributed by atoms with Crippen molar-refractivity contribution in [3.8, 4) is 17.2 Å². The number of imide groups is 2. The monoisotopic (exact) mass is 912 g/mol. The lowest BCUT2D eigenvalue weighted by Gasteiger charge is -2.27. The van der Waals surface area contributed by atoms with Crippen LogP contribution in [0.5, 0.6) is 17.2 Å². The highest BCUT2D eigenvalue weighted by Crippen LogP contribution is 2.37. The maximum atomic E-state index is 13.2. The van der Waals surface area contributed by atoms with Gasteiger partial charge >= 0.3 is 0 Å². The van der Waals surface area contributed by atoms with Gasteiger partial charge in [-0.05, 0) is 89.2 Å². The van der Waals surface area contributed by atoms with E-state index < -0.39 is 29.7 Å². The van der Waals surface area contributed by atoms with Crippen LogP contribution in [0, 0.1) is 0 Å². The Labute approximate surface area is 381 Å². The fraction of sp³-hybridized carbons (Fsp3) is 0.354. The summed E-state index contributed by atoms with van der Waals surface area (Å²) in [4.78, 5) is 63.3. The topological polar surface area (TPSA) is 211 Å². The molecule has 0 bridgehead atoms. The van der Waals surface area contributed by atoms with Crippen LogP contribution in [0.3, 0.4) is 0 Å². The number of anilines is 1. The molecule has 4 aromatic rings. The van der Waals surface area contributed by atoms with E-state index in [1.54, 1.807) is 42.5 Å². The molecule has 1 fully saturated rings. The molecule has 1 atom stereocenters. The number of hydrogen-bond acceptors (Lipinski definition) is 13. The highest BCUT2D eigenvalue weighted by atomic mass is 35.5. The first-order chi connectivity index (χ1) is 31.6. The van der Waals surface area contributed by atoms with Gasteiger partial charge in [-0.2, -0.15) is 0 Å². The summed E-state index contributed by atoms with van der Waals surface area (Å²) < 4.78 is 28.1. The fourth-order valence-corrected chi connectivity index (χ4v) is 7.52. The summed E-state index contributed by atoms with van der Waals surface area (Å²) in [5.41, 5.74) is 5.54. The number of allylic oxidation sites excluding steroid dienone is 1. The van der Waals surface area contributed by atoms with Crippen LogP contribution < -0.4 is 20.7 Å². The number of hydrogen-bond donors (Lipinski definition) is 5. The van der Waals surface area contributed by atoms with E-state index in [-0.39, 0.29) is 61.0 Å². The van der Waals surface area contributed by atoms with Crippen molar-refractivity contribution in [2.45, 2.75) is 31.7 Å². The first-order valence-electron chi connectivity index (χ1n) is 21.4. The summed E-state index contributed by atoms with van der Waals surface area (Å²) >= 11 is 6.25. The van der Waals surface area contributed by atoms with Gasteiger partial charge in [0.1, 0.15) is 29.9 Å². The number of benzene rings is 4. The molecule has 65 heavy (non-hydrogen) atoms. The Kier molecular flexibility index (Phi) is 18.3. The van der Waals surface area contributed by atoms with Crippen molar-refractivity contribution in [1.29, 1.82) is 0 Å². The second-order valence-corrected chi connectivity index (χ2v) is 15.3. The predicted molar refractivity (Wildman–Crippen MR) is 242 cm³/mol. The van der Waals surface area contributed by atoms with E-state index in [0.717, 1.165) is 32.7 Å². The smallest absolute Gasteiger partial charge is 0.264 e. The lowest BCUT2D eigenvalue weighted by molar-refractivity contribution is -0.136. The zero-order valence-corrected chi connectivity index (χ0v) is 36.6. The number of aromatic hydroxyl groups is 2. The largest absolute Gasteiger partial charge is 0.508 e. The molecule has 2 aliphatic heterocycles. The number of halogens is 1. The van der Waals surface area contributed by atoms with Crippen molar-refractivity contribution in [1.82, 2.24) is 15.5 Å². The Morgan fingerprint density at radius 2 is 1.26 bits per heavy atom. The predicted octanol–water partition coefficient (Wildman–Crippen LogP) is 5.15. The summed E-state index contributed by atoms with van der Waals surface area (Å²) in [6.07, 6.45) is 0.912. The maximum absolute atomic E-state index is 13.2. The zero-order chi connectivity index (χ0) is 46.0. The van der Waals surface area contributed by atoms with Crippen LogP contribution in [0.1, 0.15) is 63.1 Å². The van der Waals surface area contributed by atoms with Crippen LogP contribution in [0.15, 0.2) is 91.0 Å². The van der Waals surface area contributed by atoms with Crippen molar-refractivity contribution >= 4 is 58.0 Å². The van der Waals surface area contributed by atoms with E-state index in [0.29, 0.717) is 83.1 Å². The lowest BCUT2D eigenvalue weighted by atomic mass is 9.88. The van der Waals surface area contributed by atoms with Crippen LogP contribution in [0.2, 0.25) is 0 Å². The van der Waals surface area contributed by atoms with Gasteiger partial charge in [0.15, 0.2) is 0 Å². The summed E-state index contributed by atoms with van der Waals surface area (Å²) in [5.74, 6) is -1.02. The highest BCUT2D eigenvalue weighted by molar-refractivity contribution is 6.25. The molecule has 6 rings (SSSR count). The number of amides is 5. The van der Waals surface area contributed by atoms with Gasteiger partial charge in [0.05, 0.1) is 70.5 Å². The Hall–Kier alpha value is -6.30. The molecule has 0 spiro atoms. The molecule has 5 N–H and O–H groups in total. The number of phenols is 2. The number of carbonyl (C=O) groups is 5. The van der Waals surface area contributed by atoms with Crippen LogP contribution in [0.4, 0.5) is 5.69 Å². The normalized spacial score (nSPS) is 15.1. The molecule has 17 heteroatoms. The van der Waals surface area contributed by atoms with Crippen LogP contribution in [-0.4, -0.2) is 129 Å². The standard InChI is InChI=1S/C48H53ClN4O12/c49-20-18-38(32-4-10-35(54)11-5-32)44(33-6-12-36(55)13-7-33)34-8-14-37(15-9-34)65-25-22-51-42(56)19-23-61-26-28-63-30-31-64-29-27-62-24-21-50-40-3-1-2-39-45(40)48(60)53(47(39)59)41-16-17-43(57)52-46(41)58/h1-15,41,50,54-55H,16-31H2,(H,51,56)(H,52,57,58). The van der Waals surface area contributed by atoms with E-state index in [2.05, 4.69) is 16.0 Å². The molecule has 0 saturated carbocycles. The second kappa shape index (κ2) is 24.7. The van der Waals surface area contributed by atoms with E-state index in [4.69, 9.17) is 35.3 Å². The van der Waals surface area contributed by atoms with Gasteiger partial charge in [-0.3, -0.25) is 34.2 Å². The minimum Gasteiger partial charge on any atom is -0.508 e. The Balaban J connectivity index is 0.782. The van der Waals surface area contributed by atoms with E-state index in [1.165, 1.54) is 0 Å². The number of nitrogens with zero attached hydrogens (tertiary/aromatic N) is 1. The van der Waals surface area contributed by atoms with E-state index >= 15 is 0 Å². The zero-order valence-electron chi connectivity index (χ0n) is 35.9. The fourth-order valence-electron chi connectivity index (χ4n) is 7.33. The van der Waals surface area contributed by atoms with Crippen molar-refractivity contribution in [3.63, 3.8) is 0 Å². The number of ether oxygens (including phenoxy) is 5. The number of alkyl halides is 1. The highest BCUT2D eigenvalue weighted by Gasteiger charge is 2.45. The van der Waals surface area contributed by atoms with E-state index in [9.17, 15) is 34.2 Å². The van der Waals surface area contributed by atoms with Crippen LogP contribution >= 0.6 is 11.6 Å².